The molecule has 0 bridgehead atoms. The van der Waals surface area contributed by atoms with Crippen LogP contribution in [0.4, 0.5) is 11.4 Å². The van der Waals surface area contributed by atoms with Gasteiger partial charge < -0.3 is 41.7 Å². The molecule has 0 heterocycles. The number of likely N-dealkylation sites (N-methyl/N-ethyl adjacent to an activating group) is 1. The number of benzene rings is 1. The van der Waals surface area contributed by atoms with Crippen molar-refractivity contribution < 1.29 is 39.6 Å². The molecule has 4 atom stereocenters. The fourth-order valence-corrected chi connectivity index (χ4v) is 7.82. The van der Waals surface area contributed by atoms with Gasteiger partial charge in [-0.2, -0.15) is 0 Å². The van der Waals surface area contributed by atoms with E-state index in [-0.39, 0.29) is 47.3 Å². The van der Waals surface area contributed by atoms with E-state index < -0.39 is 69.7 Å². The van der Waals surface area contributed by atoms with Crippen LogP contribution in [0.1, 0.15) is 42.1 Å². The molecule has 5 rings (SSSR count). The maximum absolute atomic E-state index is 14.2. The van der Waals surface area contributed by atoms with Gasteiger partial charge in [0.05, 0.1) is 28.9 Å². The van der Waals surface area contributed by atoms with Crippen LogP contribution < -0.4 is 21.3 Å². The number of rotatable bonds is 7. The Kier molecular flexibility index (Phi) is 7.98. The average molecular weight is 632 g/mol. The summed E-state index contributed by atoms with van der Waals surface area (Å²) in [6, 6.07) is -0.892. The number of carbonyl (C=O) groups is 4. The highest BCUT2D eigenvalue weighted by molar-refractivity contribution is 6.38. The first-order valence-corrected chi connectivity index (χ1v) is 14.8. The van der Waals surface area contributed by atoms with E-state index >= 15 is 0 Å². The summed E-state index contributed by atoms with van der Waals surface area (Å²) in [7, 11) is 6.50. The van der Waals surface area contributed by atoms with Gasteiger partial charge in [0.2, 0.25) is 11.7 Å². The lowest BCUT2D eigenvalue weighted by atomic mass is 9.58. The minimum Gasteiger partial charge on any atom is -0.510 e. The van der Waals surface area contributed by atoms with Gasteiger partial charge in [0, 0.05) is 31.6 Å². The van der Waals surface area contributed by atoms with Crippen LogP contribution in [0.15, 0.2) is 22.7 Å². The zero-order valence-electron chi connectivity index (χ0n) is 25.2. The molecule has 0 saturated heterocycles. The topological polar surface area (TPSA) is 206 Å². The number of phenolic OH excluding ortho intramolecular Hbond substituents is 1. The van der Waals surface area contributed by atoms with Gasteiger partial charge in [-0.1, -0.05) is 18.5 Å². The first kappa shape index (κ1) is 31.8. The Balaban J connectivity index is 1.61. The third-order valence-corrected chi connectivity index (χ3v) is 9.81. The number of phenols is 1. The summed E-state index contributed by atoms with van der Waals surface area (Å²) >= 11 is 6.76. The number of primary amides is 1. The molecule has 0 spiro atoms. The number of carbonyl (C=O) groups excluding carboxylic acids is 4. The lowest BCUT2D eigenvalue weighted by molar-refractivity contribution is -0.148. The molecule has 2 amide bonds. The number of aromatic hydroxyl groups is 1. The number of fused-ring (bicyclic) bond motifs is 3. The summed E-state index contributed by atoms with van der Waals surface area (Å²) in [4.78, 5) is 55.9. The Morgan fingerprint density at radius 2 is 1.73 bits per heavy atom. The predicted molar refractivity (Wildman–Crippen MR) is 162 cm³/mol. The zero-order chi connectivity index (χ0) is 32.6. The van der Waals surface area contributed by atoms with Crippen molar-refractivity contribution in [1.82, 2.24) is 10.2 Å². The van der Waals surface area contributed by atoms with Gasteiger partial charge in [-0.05, 0) is 57.2 Å². The number of amides is 2. The second-order valence-electron chi connectivity index (χ2n) is 12.8. The quantitative estimate of drug-likeness (QED) is 0.168. The van der Waals surface area contributed by atoms with E-state index in [4.69, 9.17) is 17.3 Å². The number of aliphatic hydroxyl groups excluding tert-OH is 2. The maximum atomic E-state index is 14.2. The molecule has 0 radical (unpaired) electrons. The van der Waals surface area contributed by atoms with Gasteiger partial charge in [0.15, 0.2) is 17.1 Å². The van der Waals surface area contributed by atoms with Crippen LogP contribution >= 0.6 is 11.6 Å². The summed E-state index contributed by atoms with van der Waals surface area (Å²) in [5.74, 6) is -7.53. The molecule has 44 heavy (non-hydrogen) atoms. The number of allylic oxidation sites excluding steroid dienone is 1. The number of halogens is 1. The third-order valence-electron chi connectivity index (χ3n) is 9.44. The number of Topliss-reactive ketones (excluding diaryl/α,β-unsaturated/α-hetero) is 2. The minimum atomic E-state index is -2.75. The number of nitrogens with two attached hydrogens (primary N) is 1. The lowest BCUT2D eigenvalue weighted by Gasteiger charge is -2.50. The molecule has 8 N–H and O–H groups in total. The Labute approximate surface area is 259 Å². The van der Waals surface area contributed by atoms with Crippen LogP contribution in [0.5, 0.6) is 5.75 Å². The molecule has 1 saturated carbocycles. The van der Waals surface area contributed by atoms with Gasteiger partial charge >= 0.3 is 0 Å². The molecular formula is C30H38ClN5O8. The van der Waals surface area contributed by atoms with Gasteiger partial charge in [0.25, 0.3) is 5.91 Å². The number of nitrogens with one attached hydrogen (secondary N) is 2. The molecule has 238 valence electrons. The smallest absolute Gasteiger partial charge is 0.255 e. The number of anilines is 2. The van der Waals surface area contributed by atoms with Crippen molar-refractivity contribution >= 4 is 46.4 Å². The summed E-state index contributed by atoms with van der Waals surface area (Å²) in [5, 5.41) is 51.4. The SMILES string of the molecule is CC1CC(NCC(=O)Nc2c(O)c3c(c(N(C)C)c2Cl)CC2CC4[C@H](N(C)C)C(O)=C(C(N)=O)C(=O)[C@@]4(O)C(O)=C2C3=O)C1. The number of hydrogen-bond acceptors (Lipinski definition) is 11. The van der Waals surface area contributed by atoms with E-state index in [0.29, 0.717) is 17.2 Å². The molecule has 0 aromatic heterocycles. The molecule has 2 unspecified atom stereocenters. The second-order valence-corrected chi connectivity index (χ2v) is 13.2. The van der Waals surface area contributed by atoms with Crippen LogP contribution in [0.2, 0.25) is 5.02 Å². The maximum Gasteiger partial charge on any atom is 0.255 e. The largest absolute Gasteiger partial charge is 0.510 e. The van der Waals surface area contributed by atoms with Crippen molar-refractivity contribution in [3.05, 3.63) is 38.8 Å². The number of hydrogen-bond donors (Lipinski definition) is 7. The molecule has 1 aromatic carbocycles. The van der Waals surface area contributed by atoms with Crippen LogP contribution in [0.25, 0.3) is 0 Å². The van der Waals surface area contributed by atoms with Crippen molar-refractivity contribution in [3.63, 3.8) is 0 Å². The Morgan fingerprint density at radius 1 is 1.09 bits per heavy atom. The second kappa shape index (κ2) is 11.1. The van der Waals surface area contributed by atoms with Gasteiger partial charge in [0.1, 0.15) is 22.8 Å². The molecule has 4 aliphatic rings. The first-order valence-electron chi connectivity index (χ1n) is 14.4. The molecule has 1 fully saturated rings. The monoisotopic (exact) mass is 631 g/mol. The van der Waals surface area contributed by atoms with Gasteiger partial charge in [-0.15, -0.1) is 0 Å². The number of ketones is 2. The van der Waals surface area contributed by atoms with Gasteiger partial charge in [-0.25, -0.2) is 0 Å². The minimum absolute atomic E-state index is 0.0133. The zero-order valence-corrected chi connectivity index (χ0v) is 25.9. The summed E-state index contributed by atoms with van der Waals surface area (Å²) in [6.07, 6.45) is 1.89. The van der Waals surface area contributed by atoms with Crippen LogP contribution in [0.3, 0.4) is 0 Å². The highest BCUT2D eigenvalue weighted by Crippen LogP contribution is 2.55. The van der Waals surface area contributed by atoms with Crippen LogP contribution in [0, 0.1) is 17.8 Å². The lowest BCUT2D eigenvalue weighted by Crippen LogP contribution is -2.63. The van der Waals surface area contributed by atoms with Crippen LogP contribution in [-0.4, -0.2) is 101 Å². The third kappa shape index (κ3) is 4.64. The molecule has 0 aliphatic heterocycles. The molecular weight excluding hydrogens is 594 g/mol. The van der Waals surface area contributed by atoms with E-state index in [1.54, 1.807) is 33.1 Å². The van der Waals surface area contributed by atoms with Crippen molar-refractivity contribution in [2.24, 2.45) is 23.5 Å². The Bertz CT molecular complexity index is 1550. The average Bonchev–Trinajstić information content (AvgIpc) is 2.89. The van der Waals surface area contributed by atoms with Gasteiger partial charge in [-0.3, -0.25) is 24.1 Å². The van der Waals surface area contributed by atoms with E-state index in [1.807, 2.05) is 0 Å². The summed E-state index contributed by atoms with van der Waals surface area (Å²) in [5.41, 5.74) is 1.76. The molecule has 4 aliphatic carbocycles. The fraction of sp³-hybridized carbons (Fsp3) is 0.533. The van der Waals surface area contributed by atoms with E-state index in [2.05, 4.69) is 17.6 Å². The van der Waals surface area contributed by atoms with Crippen molar-refractivity contribution in [2.75, 3.05) is 45.0 Å². The number of nitrogens with zero attached hydrogens (tertiary/aromatic N) is 2. The van der Waals surface area contributed by atoms with E-state index in [0.717, 1.165) is 12.8 Å². The van der Waals surface area contributed by atoms with E-state index in [9.17, 15) is 39.6 Å². The Hall–Kier alpha value is -3.65. The molecule has 14 heteroatoms. The highest BCUT2D eigenvalue weighted by atomic mass is 35.5. The fourth-order valence-electron chi connectivity index (χ4n) is 7.40. The van der Waals surface area contributed by atoms with Crippen molar-refractivity contribution in [1.29, 1.82) is 0 Å². The normalized spacial score (nSPS) is 29.6. The van der Waals surface area contributed by atoms with Crippen molar-refractivity contribution in [2.45, 2.75) is 50.3 Å². The summed E-state index contributed by atoms with van der Waals surface area (Å²) in [6.45, 7) is 2.07. The Morgan fingerprint density at radius 3 is 2.27 bits per heavy atom. The van der Waals surface area contributed by atoms with E-state index in [1.165, 1.54) is 4.90 Å². The standard InChI is InChI=1S/C30H38ClN5O8/c1-11-6-13(7-11)33-10-16(37)34-21-20(31)22(35(2)3)14-8-12-9-15-23(36(4)5)26(40)19(29(32)43)28(42)30(15,44)27(41)17(12)24(38)18(14)25(21)39/h11-13,15,23,33,39-41,44H,6-10H2,1-5H3,(H2,32,43)(H,34,37)/t11?,12?,13?,15?,23-,30-/m0/s1. The highest BCUT2D eigenvalue weighted by Gasteiger charge is 2.63. The van der Waals surface area contributed by atoms with Crippen LogP contribution in [-0.2, 0) is 20.8 Å². The number of aliphatic hydroxyl groups is 3. The summed E-state index contributed by atoms with van der Waals surface area (Å²) < 4.78 is 0. The van der Waals surface area contributed by atoms with Crippen molar-refractivity contribution in [3.8, 4) is 5.75 Å². The predicted octanol–water partition coefficient (Wildman–Crippen LogP) is 1.17. The first-order chi connectivity index (χ1) is 20.5. The molecule has 13 nitrogen and oxygen atoms in total. The molecule has 1 aromatic rings.